The number of ether oxygens (including phenoxy) is 1. The van der Waals surface area contributed by atoms with Crippen molar-refractivity contribution in [2.24, 2.45) is 0 Å². The van der Waals surface area contributed by atoms with E-state index >= 15 is 0 Å². The van der Waals surface area contributed by atoms with Gasteiger partial charge in [-0.3, -0.25) is 9.59 Å². The van der Waals surface area contributed by atoms with Crippen molar-refractivity contribution in [3.05, 3.63) is 82.7 Å². The van der Waals surface area contributed by atoms with E-state index in [1.165, 1.54) is 5.56 Å². The van der Waals surface area contributed by atoms with Crippen LogP contribution >= 0.6 is 0 Å². The molecular weight excluding hydrogens is 390 g/mol. The fourth-order valence-electron chi connectivity index (χ4n) is 4.13. The van der Waals surface area contributed by atoms with Gasteiger partial charge in [-0.15, -0.1) is 0 Å². The summed E-state index contributed by atoms with van der Waals surface area (Å²) in [6.45, 7) is 6.66. The molecule has 0 saturated heterocycles. The number of hydrogen-bond acceptors (Lipinski definition) is 4. The number of carbonyl (C=O) groups excluding carboxylic acids is 2. The molecule has 160 valence electrons. The molecule has 0 aliphatic carbocycles. The second-order valence-corrected chi connectivity index (χ2v) is 7.98. The van der Waals surface area contributed by atoms with E-state index in [9.17, 15) is 9.59 Å². The normalized spacial score (nSPS) is 14.1. The zero-order valence-corrected chi connectivity index (χ0v) is 18.2. The third kappa shape index (κ3) is 4.38. The lowest BCUT2D eigenvalue weighted by molar-refractivity contribution is -0.159. The zero-order valence-electron chi connectivity index (χ0n) is 18.2. The Morgan fingerprint density at radius 2 is 1.71 bits per heavy atom. The summed E-state index contributed by atoms with van der Waals surface area (Å²) in [5.74, 6) is -0.576. The van der Waals surface area contributed by atoms with Gasteiger partial charge in [0.15, 0.2) is 6.10 Å². The Hall–Kier alpha value is -3.41. The van der Waals surface area contributed by atoms with E-state index in [1.54, 1.807) is 11.8 Å². The van der Waals surface area contributed by atoms with Gasteiger partial charge in [-0.25, -0.2) is 4.68 Å². The minimum absolute atomic E-state index is 0.0882. The highest BCUT2D eigenvalue weighted by molar-refractivity contribution is 5.84. The molecule has 4 rings (SSSR count). The van der Waals surface area contributed by atoms with E-state index in [0.717, 1.165) is 34.6 Å². The van der Waals surface area contributed by atoms with Crippen LogP contribution in [0.3, 0.4) is 0 Å². The summed E-state index contributed by atoms with van der Waals surface area (Å²) in [6.07, 6.45) is 0.0902. The highest BCUT2D eigenvalue weighted by Crippen LogP contribution is 2.21. The van der Waals surface area contributed by atoms with Crippen molar-refractivity contribution in [1.82, 2.24) is 14.7 Å². The molecule has 1 aliphatic rings. The number of aryl methyl sites for hydroxylation is 1. The van der Waals surface area contributed by atoms with Crippen LogP contribution in [0.15, 0.2) is 54.6 Å². The molecule has 31 heavy (non-hydrogen) atoms. The SMILES string of the molecule is Cc1nn(-c2ccccc2)c(C)c1CC(=O)O[C@H](C)C(=O)N1CCc2ccccc2C1. The van der Waals surface area contributed by atoms with Crippen molar-refractivity contribution >= 4 is 11.9 Å². The van der Waals surface area contributed by atoms with Crippen molar-refractivity contribution in [3.8, 4) is 5.69 Å². The van der Waals surface area contributed by atoms with Gasteiger partial charge in [-0.2, -0.15) is 5.10 Å². The van der Waals surface area contributed by atoms with Gasteiger partial charge in [0.1, 0.15) is 0 Å². The average Bonchev–Trinajstić information content (AvgIpc) is 3.07. The Bertz CT molecular complexity index is 1100. The number of amides is 1. The van der Waals surface area contributed by atoms with Crippen molar-refractivity contribution in [3.63, 3.8) is 0 Å². The van der Waals surface area contributed by atoms with Crippen LogP contribution in [-0.2, 0) is 33.7 Å². The minimum Gasteiger partial charge on any atom is -0.452 e. The van der Waals surface area contributed by atoms with Gasteiger partial charge in [0.2, 0.25) is 0 Å². The Balaban J connectivity index is 1.40. The molecule has 1 aromatic heterocycles. The number of benzene rings is 2. The predicted octanol–water partition coefficient (Wildman–Crippen LogP) is 3.55. The van der Waals surface area contributed by atoms with Crippen LogP contribution in [0.25, 0.3) is 5.69 Å². The molecule has 2 aromatic carbocycles. The van der Waals surface area contributed by atoms with E-state index in [2.05, 4.69) is 11.2 Å². The van der Waals surface area contributed by atoms with Crippen LogP contribution in [0.5, 0.6) is 0 Å². The highest BCUT2D eigenvalue weighted by Gasteiger charge is 2.27. The molecular formula is C25H27N3O3. The molecule has 6 nitrogen and oxygen atoms in total. The predicted molar refractivity (Wildman–Crippen MR) is 118 cm³/mol. The topological polar surface area (TPSA) is 64.4 Å². The summed E-state index contributed by atoms with van der Waals surface area (Å²) >= 11 is 0. The third-order valence-electron chi connectivity index (χ3n) is 5.86. The van der Waals surface area contributed by atoms with Crippen molar-refractivity contribution in [1.29, 1.82) is 0 Å². The molecule has 0 radical (unpaired) electrons. The summed E-state index contributed by atoms with van der Waals surface area (Å²) in [7, 11) is 0. The molecule has 6 heteroatoms. The van der Waals surface area contributed by atoms with E-state index in [0.29, 0.717) is 13.1 Å². The van der Waals surface area contributed by atoms with E-state index in [-0.39, 0.29) is 12.3 Å². The Kier molecular flexibility index (Phi) is 5.89. The number of hydrogen-bond donors (Lipinski definition) is 0. The quantitative estimate of drug-likeness (QED) is 0.596. The lowest BCUT2D eigenvalue weighted by Gasteiger charge is -2.30. The largest absolute Gasteiger partial charge is 0.452 e. The number of fused-ring (bicyclic) bond motifs is 1. The molecule has 0 unspecified atom stereocenters. The Labute approximate surface area is 182 Å². The lowest BCUT2D eigenvalue weighted by Crippen LogP contribution is -2.42. The molecule has 1 atom stereocenters. The summed E-state index contributed by atoms with van der Waals surface area (Å²) in [5.41, 5.74) is 5.88. The molecule has 0 fully saturated rings. The summed E-state index contributed by atoms with van der Waals surface area (Å²) in [4.78, 5) is 27.2. The fourth-order valence-corrected chi connectivity index (χ4v) is 4.13. The van der Waals surface area contributed by atoms with Gasteiger partial charge >= 0.3 is 5.97 Å². The standard InChI is InChI=1S/C25H27N3O3/c1-17-23(18(2)28(26-17)22-11-5-4-6-12-22)15-24(29)31-19(3)25(30)27-14-13-20-9-7-8-10-21(20)16-27/h4-12,19H,13-16H2,1-3H3/t19-/m1/s1. The Morgan fingerprint density at radius 3 is 2.45 bits per heavy atom. The van der Waals surface area contributed by atoms with Crippen LogP contribution in [-0.4, -0.2) is 39.2 Å². The molecule has 1 amide bonds. The first kappa shape index (κ1) is 20.8. The second-order valence-electron chi connectivity index (χ2n) is 7.98. The van der Waals surface area contributed by atoms with Crippen molar-refractivity contribution in [2.75, 3.05) is 6.54 Å². The van der Waals surface area contributed by atoms with E-state index < -0.39 is 12.1 Å². The van der Waals surface area contributed by atoms with Gasteiger partial charge in [0.05, 0.1) is 17.8 Å². The van der Waals surface area contributed by atoms with E-state index in [1.807, 2.05) is 67.1 Å². The number of esters is 1. The minimum atomic E-state index is -0.817. The van der Waals surface area contributed by atoms with Crippen LogP contribution in [0, 0.1) is 13.8 Å². The molecule has 0 N–H and O–H groups in total. The number of nitrogens with zero attached hydrogens (tertiary/aromatic N) is 3. The average molecular weight is 418 g/mol. The number of carbonyl (C=O) groups is 2. The van der Waals surface area contributed by atoms with Crippen LogP contribution < -0.4 is 0 Å². The van der Waals surface area contributed by atoms with Gasteiger partial charge < -0.3 is 9.64 Å². The van der Waals surface area contributed by atoms with Crippen LogP contribution in [0.4, 0.5) is 0 Å². The van der Waals surface area contributed by atoms with E-state index in [4.69, 9.17) is 4.74 Å². The first-order valence-corrected chi connectivity index (χ1v) is 10.6. The Morgan fingerprint density at radius 1 is 1.03 bits per heavy atom. The van der Waals surface area contributed by atoms with Gasteiger partial charge in [-0.05, 0) is 50.5 Å². The highest BCUT2D eigenvalue weighted by atomic mass is 16.5. The van der Waals surface area contributed by atoms with Crippen molar-refractivity contribution in [2.45, 2.75) is 46.3 Å². The summed E-state index contributed by atoms with van der Waals surface area (Å²) in [5, 5.41) is 4.58. The number of aromatic nitrogens is 2. The number of rotatable bonds is 5. The van der Waals surface area contributed by atoms with Gasteiger partial charge in [0.25, 0.3) is 5.91 Å². The smallest absolute Gasteiger partial charge is 0.311 e. The van der Waals surface area contributed by atoms with Gasteiger partial charge in [-0.1, -0.05) is 42.5 Å². The van der Waals surface area contributed by atoms with Crippen LogP contribution in [0.1, 0.15) is 35.0 Å². The first-order valence-electron chi connectivity index (χ1n) is 10.6. The molecule has 1 aliphatic heterocycles. The maximum atomic E-state index is 12.9. The fraction of sp³-hybridized carbons (Fsp3) is 0.320. The van der Waals surface area contributed by atoms with Crippen LogP contribution in [0.2, 0.25) is 0 Å². The molecule has 0 bridgehead atoms. The molecule has 3 aromatic rings. The summed E-state index contributed by atoms with van der Waals surface area (Å²) in [6, 6.07) is 17.9. The second kappa shape index (κ2) is 8.76. The van der Waals surface area contributed by atoms with Gasteiger partial charge in [0, 0.05) is 24.3 Å². The lowest BCUT2D eigenvalue weighted by atomic mass is 9.99. The maximum absolute atomic E-state index is 12.9. The third-order valence-corrected chi connectivity index (χ3v) is 5.86. The zero-order chi connectivity index (χ0) is 22.0. The first-order chi connectivity index (χ1) is 14.9. The summed E-state index contributed by atoms with van der Waals surface area (Å²) < 4.78 is 7.35. The molecule has 0 saturated carbocycles. The maximum Gasteiger partial charge on any atom is 0.311 e. The molecule has 0 spiro atoms. The molecule has 2 heterocycles. The number of para-hydroxylation sites is 1. The van der Waals surface area contributed by atoms with Crippen molar-refractivity contribution < 1.29 is 14.3 Å². The monoisotopic (exact) mass is 417 g/mol.